The molecular formula is C13H15N5O. The van der Waals surface area contributed by atoms with Gasteiger partial charge in [-0.05, 0) is 18.2 Å². The van der Waals surface area contributed by atoms with E-state index in [-0.39, 0.29) is 0 Å². The summed E-state index contributed by atoms with van der Waals surface area (Å²) in [6, 6.07) is 5.17. The van der Waals surface area contributed by atoms with Crippen LogP contribution < -0.4 is 16.4 Å². The van der Waals surface area contributed by atoms with E-state index in [1.54, 1.807) is 18.3 Å². The Morgan fingerprint density at radius 2 is 2.16 bits per heavy atom. The second-order valence-electron chi connectivity index (χ2n) is 4.60. The van der Waals surface area contributed by atoms with Crippen molar-refractivity contribution in [3.8, 4) is 0 Å². The second kappa shape index (κ2) is 4.31. The summed E-state index contributed by atoms with van der Waals surface area (Å²) < 4.78 is 2.13. The quantitative estimate of drug-likeness (QED) is 0.770. The molecule has 6 heteroatoms. The third-order valence-corrected chi connectivity index (χ3v) is 3.40. The van der Waals surface area contributed by atoms with Crippen molar-refractivity contribution in [1.29, 1.82) is 0 Å². The van der Waals surface area contributed by atoms with Crippen LogP contribution in [-0.4, -0.2) is 22.0 Å². The lowest BCUT2D eigenvalue weighted by molar-refractivity contribution is 0.100. The highest BCUT2D eigenvalue weighted by Crippen LogP contribution is 2.27. The van der Waals surface area contributed by atoms with Gasteiger partial charge in [0.2, 0.25) is 5.91 Å². The molecule has 0 aliphatic carbocycles. The zero-order chi connectivity index (χ0) is 13.4. The first-order valence-electron chi connectivity index (χ1n) is 6.09. The van der Waals surface area contributed by atoms with Crippen LogP contribution in [0, 0.1) is 0 Å². The minimum Gasteiger partial charge on any atom is -0.397 e. The molecule has 1 aromatic carbocycles. The number of amides is 1. The summed E-state index contributed by atoms with van der Waals surface area (Å²) in [5.41, 5.74) is 13.2. The summed E-state index contributed by atoms with van der Waals surface area (Å²) in [6.45, 7) is 2.46. The van der Waals surface area contributed by atoms with Crippen LogP contribution in [0.25, 0.3) is 0 Å². The molecule has 0 bridgehead atoms. The van der Waals surface area contributed by atoms with Gasteiger partial charge in [0.1, 0.15) is 5.82 Å². The number of benzene rings is 1. The minimum atomic E-state index is -0.465. The summed E-state index contributed by atoms with van der Waals surface area (Å²) in [5.74, 6) is 0.553. The number of aromatic nitrogens is 2. The Bertz CT molecular complexity index is 634. The molecule has 2 aromatic rings. The first kappa shape index (κ1) is 11.6. The van der Waals surface area contributed by atoms with E-state index < -0.39 is 5.91 Å². The average molecular weight is 257 g/mol. The number of carbonyl (C=O) groups excluding carboxylic acids is 1. The van der Waals surface area contributed by atoms with E-state index in [1.165, 1.54) is 0 Å². The molecule has 19 heavy (non-hydrogen) atoms. The van der Waals surface area contributed by atoms with E-state index in [0.717, 1.165) is 24.6 Å². The van der Waals surface area contributed by atoms with Crippen LogP contribution in [-0.2, 0) is 13.1 Å². The number of rotatable bonds is 2. The largest absolute Gasteiger partial charge is 0.397 e. The summed E-state index contributed by atoms with van der Waals surface area (Å²) >= 11 is 0. The van der Waals surface area contributed by atoms with Gasteiger partial charge in [0, 0.05) is 31.0 Å². The summed E-state index contributed by atoms with van der Waals surface area (Å²) in [4.78, 5) is 17.6. The first-order chi connectivity index (χ1) is 9.15. The van der Waals surface area contributed by atoms with Gasteiger partial charge in [-0.2, -0.15) is 0 Å². The first-order valence-corrected chi connectivity index (χ1v) is 6.09. The van der Waals surface area contributed by atoms with Gasteiger partial charge in [-0.25, -0.2) is 4.98 Å². The summed E-state index contributed by atoms with van der Waals surface area (Å²) in [5, 5.41) is 0. The summed E-state index contributed by atoms with van der Waals surface area (Å²) in [6.07, 6.45) is 3.78. The van der Waals surface area contributed by atoms with Crippen molar-refractivity contribution in [2.45, 2.75) is 13.1 Å². The third kappa shape index (κ3) is 2.01. The van der Waals surface area contributed by atoms with Crippen LogP contribution in [0.4, 0.5) is 11.4 Å². The monoisotopic (exact) mass is 257 g/mol. The smallest absolute Gasteiger partial charge is 0.248 e. The zero-order valence-corrected chi connectivity index (χ0v) is 10.4. The predicted octanol–water partition coefficient (Wildman–Crippen LogP) is 0.584. The molecule has 1 aliphatic heterocycles. The maximum Gasteiger partial charge on any atom is 0.248 e. The molecule has 0 radical (unpaired) electrons. The molecule has 1 aromatic heterocycles. The van der Waals surface area contributed by atoms with E-state index in [2.05, 4.69) is 14.5 Å². The van der Waals surface area contributed by atoms with Gasteiger partial charge in [-0.15, -0.1) is 0 Å². The van der Waals surface area contributed by atoms with Crippen molar-refractivity contribution < 1.29 is 4.79 Å². The van der Waals surface area contributed by atoms with Gasteiger partial charge < -0.3 is 20.9 Å². The molecule has 2 heterocycles. The Morgan fingerprint density at radius 3 is 2.89 bits per heavy atom. The predicted molar refractivity (Wildman–Crippen MR) is 72.6 cm³/mol. The normalized spacial score (nSPS) is 14.2. The maximum atomic E-state index is 11.1. The molecule has 1 aliphatic rings. The van der Waals surface area contributed by atoms with E-state index in [4.69, 9.17) is 11.5 Å². The van der Waals surface area contributed by atoms with Gasteiger partial charge in [-0.3, -0.25) is 4.79 Å². The topological polar surface area (TPSA) is 90.2 Å². The molecule has 6 nitrogen and oxygen atoms in total. The second-order valence-corrected chi connectivity index (χ2v) is 4.60. The van der Waals surface area contributed by atoms with Crippen LogP contribution in [0.5, 0.6) is 0 Å². The van der Waals surface area contributed by atoms with Gasteiger partial charge in [0.25, 0.3) is 0 Å². The number of hydrogen-bond acceptors (Lipinski definition) is 4. The molecule has 4 N–H and O–H groups in total. The Morgan fingerprint density at radius 1 is 1.32 bits per heavy atom. The number of anilines is 2. The van der Waals surface area contributed by atoms with Crippen molar-refractivity contribution in [2.75, 3.05) is 17.2 Å². The lowest BCUT2D eigenvalue weighted by atomic mass is 10.1. The lowest BCUT2D eigenvalue weighted by Gasteiger charge is -2.30. The van der Waals surface area contributed by atoms with Gasteiger partial charge in [-0.1, -0.05) is 0 Å². The van der Waals surface area contributed by atoms with Gasteiger partial charge >= 0.3 is 0 Å². The molecule has 0 saturated carbocycles. The van der Waals surface area contributed by atoms with Crippen LogP contribution in [0.3, 0.4) is 0 Å². The van der Waals surface area contributed by atoms with E-state index in [1.807, 2.05) is 12.3 Å². The molecule has 1 amide bonds. The summed E-state index contributed by atoms with van der Waals surface area (Å²) in [7, 11) is 0. The molecule has 98 valence electrons. The number of carbonyl (C=O) groups is 1. The van der Waals surface area contributed by atoms with Crippen molar-refractivity contribution in [3.63, 3.8) is 0 Å². The standard InChI is InChI=1S/C13H15N5O/c14-10-7-9(13(15)19)1-2-11(10)18-6-5-17-4-3-16-12(17)8-18/h1-4,7H,5-6,8,14H2,(H2,15,19). The number of fused-ring (bicyclic) bond motifs is 1. The maximum absolute atomic E-state index is 11.1. The van der Waals surface area contributed by atoms with Crippen LogP contribution in [0.1, 0.15) is 16.2 Å². The highest BCUT2D eigenvalue weighted by molar-refractivity contribution is 5.94. The Balaban J connectivity index is 1.90. The number of nitrogen functional groups attached to an aromatic ring is 1. The molecule has 0 atom stereocenters. The fraction of sp³-hybridized carbons (Fsp3) is 0.231. The van der Waals surface area contributed by atoms with Crippen LogP contribution >= 0.6 is 0 Å². The molecule has 0 saturated heterocycles. The Labute approximate surface area is 110 Å². The number of hydrogen-bond donors (Lipinski definition) is 2. The third-order valence-electron chi connectivity index (χ3n) is 3.40. The minimum absolute atomic E-state index is 0.430. The van der Waals surface area contributed by atoms with Crippen LogP contribution in [0.2, 0.25) is 0 Å². The van der Waals surface area contributed by atoms with Crippen LogP contribution in [0.15, 0.2) is 30.6 Å². The molecule has 0 fully saturated rings. The highest BCUT2D eigenvalue weighted by Gasteiger charge is 2.19. The van der Waals surface area contributed by atoms with Gasteiger partial charge in [0.15, 0.2) is 0 Å². The van der Waals surface area contributed by atoms with Crippen molar-refractivity contribution in [2.24, 2.45) is 5.73 Å². The van der Waals surface area contributed by atoms with E-state index >= 15 is 0 Å². The highest BCUT2D eigenvalue weighted by atomic mass is 16.1. The average Bonchev–Trinajstić information content (AvgIpc) is 2.85. The molecule has 0 unspecified atom stereocenters. The fourth-order valence-electron chi connectivity index (χ4n) is 2.37. The van der Waals surface area contributed by atoms with Crippen molar-refractivity contribution >= 4 is 17.3 Å². The number of imidazole rings is 1. The molecular weight excluding hydrogens is 242 g/mol. The Kier molecular flexibility index (Phi) is 2.63. The van der Waals surface area contributed by atoms with Gasteiger partial charge in [0.05, 0.1) is 17.9 Å². The number of primary amides is 1. The molecule has 3 rings (SSSR count). The molecule has 0 spiro atoms. The van der Waals surface area contributed by atoms with E-state index in [0.29, 0.717) is 17.8 Å². The zero-order valence-electron chi connectivity index (χ0n) is 10.4. The fourth-order valence-corrected chi connectivity index (χ4v) is 2.37. The van der Waals surface area contributed by atoms with Crippen molar-refractivity contribution in [1.82, 2.24) is 9.55 Å². The SMILES string of the molecule is NC(=O)c1ccc(N2CCn3ccnc3C2)c(N)c1. The lowest BCUT2D eigenvalue weighted by Crippen LogP contribution is -2.34. The van der Waals surface area contributed by atoms with E-state index in [9.17, 15) is 4.79 Å². The number of nitrogens with two attached hydrogens (primary N) is 2. The Hall–Kier alpha value is -2.50. The van der Waals surface area contributed by atoms with Crippen molar-refractivity contribution in [3.05, 3.63) is 42.0 Å². The number of nitrogens with zero attached hydrogens (tertiary/aromatic N) is 3.